The number of hydrogen-bond donors (Lipinski definition) is 8. The molecular formula is C35H56N6O9S. The van der Waals surface area contributed by atoms with E-state index in [9.17, 15) is 43.8 Å². The van der Waals surface area contributed by atoms with E-state index in [1.54, 1.807) is 58.0 Å². The van der Waals surface area contributed by atoms with Crippen LogP contribution in [0, 0.1) is 17.8 Å². The molecule has 286 valence electrons. The summed E-state index contributed by atoms with van der Waals surface area (Å²) in [6.45, 7) is 10.7. The lowest BCUT2D eigenvalue weighted by Crippen LogP contribution is -2.60. The highest BCUT2D eigenvalue weighted by Gasteiger charge is 2.35. The average Bonchev–Trinajstić information content (AvgIpc) is 3.04. The van der Waals surface area contributed by atoms with Crippen LogP contribution in [-0.2, 0) is 40.0 Å². The third kappa shape index (κ3) is 17.1. The highest BCUT2D eigenvalue weighted by atomic mass is 32.2. The van der Waals surface area contributed by atoms with E-state index in [0.717, 1.165) is 0 Å². The Bertz CT molecular complexity index is 1330. The zero-order valence-corrected chi connectivity index (χ0v) is 31.4. The van der Waals surface area contributed by atoms with E-state index >= 15 is 0 Å². The molecule has 0 aliphatic carbocycles. The lowest BCUT2D eigenvalue weighted by atomic mass is 9.98. The fraction of sp³-hybridized carbons (Fsp3) is 0.629. The van der Waals surface area contributed by atoms with Crippen LogP contribution in [0.25, 0.3) is 0 Å². The van der Waals surface area contributed by atoms with Gasteiger partial charge in [0, 0.05) is 6.42 Å². The minimum atomic E-state index is -1.66. The second-order valence-electron chi connectivity index (χ2n) is 13.7. The van der Waals surface area contributed by atoms with Gasteiger partial charge in [-0.3, -0.25) is 28.8 Å². The molecule has 0 spiro atoms. The molecule has 0 aliphatic heterocycles. The number of nitrogens with two attached hydrogens (primary N) is 1. The lowest BCUT2D eigenvalue weighted by Gasteiger charge is -2.29. The van der Waals surface area contributed by atoms with Gasteiger partial charge in [0.1, 0.15) is 30.2 Å². The van der Waals surface area contributed by atoms with E-state index in [-0.39, 0.29) is 31.1 Å². The monoisotopic (exact) mass is 736 g/mol. The molecule has 15 nitrogen and oxygen atoms in total. The molecule has 9 N–H and O–H groups in total. The van der Waals surface area contributed by atoms with Crippen molar-refractivity contribution in [2.75, 3.05) is 12.0 Å². The normalized spacial score (nSPS) is 14.8. The zero-order valence-electron chi connectivity index (χ0n) is 30.6. The summed E-state index contributed by atoms with van der Waals surface area (Å²) in [5.74, 6) is -6.41. The number of rotatable bonds is 23. The van der Waals surface area contributed by atoms with E-state index in [2.05, 4.69) is 26.6 Å². The predicted octanol–water partition coefficient (Wildman–Crippen LogP) is 1.04. The van der Waals surface area contributed by atoms with Crippen LogP contribution in [0.5, 0.6) is 0 Å². The smallest absolute Gasteiger partial charge is 0.326 e. The van der Waals surface area contributed by atoms with Gasteiger partial charge >= 0.3 is 11.9 Å². The maximum atomic E-state index is 13.6. The van der Waals surface area contributed by atoms with E-state index in [1.807, 2.05) is 20.1 Å². The summed E-state index contributed by atoms with van der Waals surface area (Å²) in [5.41, 5.74) is 6.62. The molecule has 0 radical (unpaired) electrons. The topological polar surface area (TPSA) is 246 Å². The first kappa shape index (κ1) is 44.8. The zero-order chi connectivity index (χ0) is 38.8. The van der Waals surface area contributed by atoms with Gasteiger partial charge in [-0.05, 0) is 54.6 Å². The number of hydrogen-bond acceptors (Lipinski definition) is 9. The van der Waals surface area contributed by atoms with Gasteiger partial charge in [0.25, 0.3) is 0 Å². The van der Waals surface area contributed by atoms with Crippen LogP contribution in [0.3, 0.4) is 0 Å². The Labute approximate surface area is 304 Å². The van der Waals surface area contributed by atoms with Crippen molar-refractivity contribution < 1.29 is 43.8 Å². The number of carboxylic acids is 2. The third-order valence-corrected chi connectivity index (χ3v) is 8.45. The molecule has 6 unspecified atom stereocenters. The van der Waals surface area contributed by atoms with Crippen LogP contribution >= 0.6 is 11.8 Å². The summed E-state index contributed by atoms with van der Waals surface area (Å²) in [6.07, 6.45) is 1.73. The van der Waals surface area contributed by atoms with Crippen molar-refractivity contribution in [3.63, 3.8) is 0 Å². The molecule has 51 heavy (non-hydrogen) atoms. The molecule has 0 saturated carbocycles. The summed E-state index contributed by atoms with van der Waals surface area (Å²) in [6, 6.07) is 1.25. The third-order valence-electron chi connectivity index (χ3n) is 7.81. The standard InChI is InChI=1S/C35H56N6O9S/c1-19(2)15-24(31(45)38-26(18-28(42)43)32(46)40-27(35(49)50)17-22-11-9-8-10-12-22)39-34(48)29(21(5)6)41-33(47)25(16-20(3)4)37-30(44)23(36)13-14-51-7/h8-12,19-21,23-27,29H,13-18,36H2,1-7H3,(H,37,44)(H,38,45)(H,39,48)(H,40,46)(H,41,47)(H,42,43)(H,49,50). The molecule has 0 aliphatic rings. The van der Waals surface area contributed by atoms with Crippen molar-refractivity contribution in [3.05, 3.63) is 35.9 Å². The van der Waals surface area contributed by atoms with Gasteiger partial charge in [-0.15, -0.1) is 0 Å². The molecule has 5 amide bonds. The Hall–Kier alpha value is -4.18. The Morgan fingerprint density at radius 3 is 1.61 bits per heavy atom. The minimum Gasteiger partial charge on any atom is -0.481 e. The molecule has 0 aromatic heterocycles. The first-order valence-electron chi connectivity index (χ1n) is 17.1. The van der Waals surface area contributed by atoms with E-state index < -0.39 is 90.1 Å². The molecule has 0 saturated heterocycles. The largest absolute Gasteiger partial charge is 0.481 e. The van der Waals surface area contributed by atoms with Gasteiger partial charge in [-0.25, -0.2) is 4.79 Å². The Kier molecular flexibility index (Phi) is 19.9. The first-order chi connectivity index (χ1) is 23.9. The van der Waals surface area contributed by atoms with Crippen molar-refractivity contribution >= 4 is 53.2 Å². The predicted molar refractivity (Wildman–Crippen MR) is 194 cm³/mol. The van der Waals surface area contributed by atoms with Crippen molar-refractivity contribution in [2.24, 2.45) is 23.5 Å². The number of thioether (sulfide) groups is 1. The fourth-order valence-electron chi connectivity index (χ4n) is 5.09. The summed E-state index contributed by atoms with van der Waals surface area (Å²) in [5, 5.41) is 32.0. The maximum absolute atomic E-state index is 13.6. The molecule has 16 heteroatoms. The van der Waals surface area contributed by atoms with Crippen molar-refractivity contribution in [2.45, 2.75) is 110 Å². The SMILES string of the molecule is CSCCC(N)C(=O)NC(CC(C)C)C(=O)NC(C(=O)NC(CC(C)C)C(=O)NC(CC(=O)O)C(=O)NC(Cc1ccccc1)C(=O)O)C(C)C. The van der Waals surface area contributed by atoms with Gasteiger partial charge in [-0.1, -0.05) is 71.9 Å². The van der Waals surface area contributed by atoms with Gasteiger partial charge in [0.05, 0.1) is 12.5 Å². The average molecular weight is 737 g/mol. The highest BCUT2D eigenvalue weighted by molar-refractivity contribution is 7.98. The van der Waals surface area contributed by atoms with Gasteiger partial charge in [0.15, 0.2) is 0 Å². The van der Waals surface area contributed by atoms with E-state index in [0.29, 0.717) is 17.7 Å². The van der Waals surface area contributed by atoms with Gasteiger partial charge in [0.2, 0.25) is 29.5 Å². The number of carbonyl (C=O) groups excluding carboxylic acids is 5. The number of aliphatic carboxylic acids is 2. The fourth-order valence-corrected chi connectivity index (χ4v) is 5.58. The van der Waals surface area contributed by atoms with Crippen LogP contribution in [0.4, 0.5) is 0 Å². The summed E-state index contributed by atoms with van der Waals surface area (Å²) in [7, 11) is 0. The Balaban J connectivity index is 3.18. The second-order valence-corrected chi connectivity index (χ2v) is 14.7. The molecule has 6 atom stereocenters. The van der Waals surface area contributed by atoms with Crippen molar-refractivity contribution in [1.82, 2.24) is 26.6 Å². The van der Waals surface area contributed by atoms with Crippen LogP contribution < -0.4 is 32.3 Å². The van der Waals surface area contributed by atoms with Crippen LogP contribution in [0.2, 0.25) is 0 Å². The van der Waals surface area contributed by atoms with Crippen LogP contribution in [-0.4, -0.2) is 99.9 Å². The number of amides is 5. The van der Waals surface area contributed by atoms with E-state index in [4.69, 9.17) is 5.73 Å². The molecule has 0 fully saturated rings. The molecule has 1 aromatic rings. The summed E-state index contributed by atoms with van der Waals surface area (Å²) >= 11 is 1.54. The minimum absolute atomic E-state index is 0.00832. The second kappa shape index (κ2) is 22.6. The Morgan fingerprint density at radius 2 is 1.14 bits per heavy atom. The maximum Gasteiger partial charge on any atom is 0.326 e. The van der Waals surface area contributed by atoms with Crippen LogP contribution in [0.1, 0.15) is 72.8 Å². The molecule has 1 rings (SSSR count). The van der Waals surface area contributed by atoms with Crippen LogP contribution in [0.15, 0.2) is 30.3 Å². The summed E-state index contributed by atoms with van der Waals surface area (Å²) in [4.78, 5) is 90.2. The number of carboxylic acid groups (broad SMARTS) is 2. The lowest BCUT2D eigenvalue weighted by molar-refractivity contribution is -0.143. The molecular weight excluding hydrogens is 680 g/mol. The van der Waals surface area contributed by atoms with E-state index in [1.165, 1.54) is 11.8 Å². The van der Waals surface area contributed by atoms with Crippen molar-refractivity contribution in [3.8, 4) is 0 Å². The summed E-state index contributed by atoms with van der Waals surface area (Å²) < 4.78 is 0. The number of benzene rings is 1. The molecule has 0 bridgehead atoms. The molecule has 1 aromatic carbocycles. The van der Waals surface area contributed by atoms with Gasteiger partial charge in [-0.2, -0.15) is 11.8 Å². The quantitative estimate of drug-likeness (QED) is 0.0789. The van der Waals surface area contributed by atoms with Crippen molar-refractivity contribution in [1.29, 1.82) is 0 Å². The number of carbonyl (C=O) groups is 7. The molecule has 0 heterocycles. The van der Waals surface area contributed by atoms with Gasteiger partial charge < -0.3 is 42.5 Å². The highest BCUT2D eigenvalue weighted by Crippen LogP contribution is 2.12. The Morgan fingerprint density at radius 1 is 0.667 bits per heavy atom. The number of nitrogens with one attached hydrogen (secondary N) is 5. The first-order valence-corrected chi connectivity index (χ1v) is 18.5.